The monoisotopic (exact) mass is 352 g/mol. The van der Waals surface area contributed by atoms with Gasteiger partial charge in [0.15, 0.2) is 5.75 Å². The van der Waals surface area contributed by atoms with Crippen LogP contribution in [0.5, 0.6) is 5.75 Å². The first-order valence-corrected chi connectivity index (χ1v) is 8.91. The summed E-state index contributed by atoms with van der Waals surface area (Å²) >= 11 is 0. The first-order valence-electron chi connectivity index (χ1n) is 8.91. The molecular weight excluding hydrogens is 328 g/mol. The Morgan fingerprint density at radius 2 is 1.88 bits per heavy atom. The second kappa shape index (κ2) is 7.99. The van der Waals surface area contributed by atoms with Gasteiger partial charge in [-0.15, -0.1) is 5.10 Å². The van der Waals surface area contributed by atoms with Crippen LogP contribution in [0.1, 0.15) is 30.5 Å². The molecule has 1 aromatic carbocycles. The van der Waals surface area contributed by atoms with Gasteiger partial charge in [0.05, 0.1) is 11.9 Å². The van der Waals surface area contributed by atoms with Crippen molar-refractivity contribution in [1.29, 1.82) is 0 Å². The van der Waals surface area contributed by atoms with Crippen molar-refractivity contribution >= 4 is 0 Å². The van der Waals surface area contributed by atoms with Gasteiger partial charge in [-0.2, -0.15) is 0 Å². The summed E-state index contributed by atoms with van der Waals surface area (Å²) in [6, 6.07) is 9.66. The van der Waals surface area contributed by atoms with Gasteiger partial charge in [0.25, 0.3) is 0 Å². The summed E-state index contributed by atoms with van der Waals surface area (Å²) in [5, 5.41) is 18.2. The second-order valence-corrected chi connectivity index (χ2v) is 6.60. The van der Waals surface area contributed by atoms with Crippen LogP contribution in [0.15, 0.2) is 47.5 Å². The molecule has 6 nitrogen and oxygen atoms in total. The molecule has 1 N–H and O–H groups in total. The molecule has 0 unspecified atom stereocenters. The van der Waals surface area contributed by atoms with Gasteiger partial charge >= 0.3 is 0 Å². The van der Waals surface area contributed by atoms with Gasteiger partial charge in [0.1, 0.15) is 5.69 Å². The molecule has 6 heteroatoms. The molecule has 0 amide bonds. The lowest BCUT2D eigenvalue weighted by Crippen LogP contribution is -2.10. The zero-order valence-electron chi connectivity index (χ0n) is 15.2. The van der Waals surface area contributed by atoms with Crippen molar-refractivity contribution in [2.45, 2.75) is 46.2 Å². The lowest BCUT2D eigenvalue weighted by molar-refractivity contribution is 0.448. The largest absolute Gasteiger partial charge is 0.503 e. The van der Waals surface area contributed by atoms with Gasteiger partial charge < -0.3 is 9.67 Å². The van der Waals surface area contributed by atoms with Crippen molar-refractivity contribution in [3.63, 3.8) is 0 Å². The Labute approximate surface area is 152 Å². The lowest BCUT2D eigenvalue weighted by Gasteiger charge is -2.11. The summed E-state index contributed by atoms with van der Waals surface area (Å²) in [6.07, 6.45) is 6.73. The third-order valence-corrected chi connectivity index (χ3v) is 4.55. The highest BCUT2D eigenvalue weighted by Gasteiger charge is 2.06. The Morgan fingerprint density at radius 3 is 2.69 bits per heavy atom. The van der Waals surface area contributed by atoms with E-state index in [0.717, 1.165) is 43.6 Å². The Bertz CT molecular complexity index is 943. The molecule has 0 aliphatic rings. The van der Waals surface area contributed by atoms with Crippen molar-refractivity contribution in [2.24, 2.45) is 0 Å². The molecule has 0 atom stereocenters. The fourth-order valence-electron chi connectivity index (χ4n) is 2.98. The quantitative estimate of drug-likeness (QED) is 0.662. The molecule has 0 aliphatic heterocycles. The van der Waals surface area contributed by atoms with Gasteiger partial charge in [-0.1, -0.05) is 29.0 Å². The van der Waals surface area contributed by atoms with Crippen LogP contribution in [0, 0.1) is 13.8 Å². The lowest BCUT2D eigenvalue weighted by atomic mass is 10.1. The van der Waals surface area contributed by atoms with Gasteiger partial charge in [0.2, 0.25) is 5.43 Å². The zero-order chi connectivity index (χ0) is 18.5. The second-order valence-electron chi connectivity index (χ2n) is 6.60. The minimum absolute atomic E-state index is 0.154. The van der Waals surface area contributed by atoms with Crippen LogP contribution in [-0.4, -0.2) is 24.7 Å². The minimum Gasteiger partial charge on any atom is -0.503 e. The molecule has 0 aliphatic carbocycles. The number of aromatic nitrogens is 4. The number of aryl methyl sites for hydroxylation is 3. The van der Waals surface area contributed by atoms with Gasteiger partial charge in [0, 0.05) is 30.9 Å². The molecule has 2 aromatic heterocycles. The van der Waals surface area contributed by atoms with Gasteiger partial charge in [-0.25, -0.2) is 0 Å². The number of pyridine rings is 1. The topological polar surface area (TPSA) is 72.9 Å². The van der Waals surface area contributed by atoms with Gasteiger partial charge in [-0.05, 0) is 39.2 Å². The van der Waals surface area contributed by atoms with Crippen molar-refractivity contribution in [1.82, 2.24) is 19.6 Å². The maximum atomic E-state index is 11.4. The highest BCUT2D eigenvalue weighted by molar-refractivity contribution is 5.58. The maximum absolute atomic E-state index is 11.4. The number of unbranched alkanes of at least 4 members (excludes halogenated alkanes) is 2. The van der Waals surface area contributed by atoms with Crippen molar-refractivity contribution < 1.29 is 5.11 Å². The van der Waals surface area contributed by atoms with Crippen LogP contribution in [0.4, 0.5) is 0 Å². The van der Waals surface area contributed by atoms with E-state index < -0.39 is 0 Å². The Kier molecular flexibility index (Phi) is 5.51. The van der Waals surface area contributed by atoms with Crippen molar-refractivity contribution in [2.75, 3.05) is 0 Å². The van der Waals surface area contributed by atoms with E-state index in [4.69, 9.17) is 0 Å². The molecule has 26 heavy (non-hydrogen) atoms. The Balaban J connectivity index is 1.47. The summed E-state index contributed by atoms with van der Waals surface area (Å²) in [5.74, 6) is -0.154. The van der Waals surface area contributed by atoms with Crippen molar-refractivity contribution in [3.05, 3.63) is 64.2 Å². The average Bonchev–Trinajstić information content (AvgIpc) is 3.10. The predicted molar refractivity (Wildman–Crippen MR) is 101 cm³/mol. The third kappa shape index (κ3) is 4.20. The average molecular weight is 352 g/mol. The number of hydrogen-bond donors (Lipinski definition) is 1. The highest BCUT2D eigenvalue weighted by atomic mass is 16.3. The summed E-state index contributed by atoms with van der Waals surface area (Å²) in [6.45, 7) is 5.44. The number of benzene rings is 1. The molecular formula is C20H24N4O2. The smallest absolute Gasteiger partial charge is 0.223 e. The number of aromatic hydroxyl groups is 1. The fraction of sp³-hybridized carbons (Fsp3) is 0.350. The molecule has 0 bridgehead atoms. The standard InChI is InChI=1S/C20H24N4O2/c1-15-7-6-8-17(13-15)18-14-24(22-21-18)11-5-3-4-10-23-12-9-19(25)20(26)16(23)2/h6-9,12-14,26H,3-5,10-11H2,1-2H3. The number of nitrogens with zero attached hydrogens (tertiary/aromatic N) is 4. The summed E-state index contributed by atoms with van der Waals surface area (Å²) in [7, 11) is 0. The van der Waals surface area contributed by atoms with Crippen LogP contribution in [0.3, 0.4) is 0 Å². The first-order chi connectivity index (χ1) is 12.5. The van der Waals surface area contributed by atoms with E-state index in [1.165, 1.54) is 11.6 Å². The molecule has 0 radical (unpaired) electrons. The SMILES string of the molecule is Cc1cccc(-c2cn(CCCCCn3ccc(=O)c(O)c3C)nn2)c1. The number of hydrogen-bond acceptors (Lipinski definition) is 4. The van der Waals surface area contributed by atoms with Crippen LogP contribution in [0.2, 0.25) is 0 Å². The summed E-state index contributed by atoms with van der Waals surface area (Å²) in [4.78, 5) is 11.4. The molecule has 0 saturated carbocycles. The first kappa shape index (κ1) is 17.9. The maximum Gasteiger partial charge on any atom is 0.223 e. The summed E-state index contributed by atoms with van der Waals surface area (Å²) < 4.78 is 3.80. The van der Waals surface area contributed by atoms with E-state index in [9.17, 15) is 9.90 Å². The molecule has 0 saturated heterocycles. The van der Waals surface area contributed by atoms with Crippen LogP contribution in [-0.2, 0) is 13.1 Å². The summed E-state index contributed by atoms with van der Waals surface area (Å²) in [5.41, 5.74) is 3.49. The van der Waals surface area contributed by atoms with E-state index in [1.54, 1.807) is 13.1 Å². The van der Waals surface area contributed by atoms with Crippen LogP contribution in [0.25, 0.3) is 11.3 Å². The highest BCUT2D eigenvalue weighted by Crippen LogP contribution is 2.17. The van der Waals surface area contributed by atoms with Gasteiger partial charge in [-0.3, -0.25) is 9.48 Å². The predicted octanol–water partition coefficient (Wildman–Crippen LogP) is 3.30. The Morgan fingerprint density at radius 1 is 1.08 bits per heavy atom. The molecule has 3 aromatic rings. The van der Waals surface area contributed by atoms with Crippen molar-refractivity contribution in [3.8, 4) is 17.0 Å². The molecule has 0 fully saturated rings. The third-order valence-electron chi connectivity index (χ3n) is 4.55. The van der Waals surface area contributed by atoms with Crippen LogP contribution < -0.4 is 5.43 Å². The number of rotatable bonds is 7. The normalized spacial score (nSPS) is 11.0. The van der Waals surface area contributed by atoms with E-state index in [-0.39, 0.29) is 11.2 Å². The van der Waals surface area contributed by atoms with E-state index in [0.29, 0.717) is 5.69 Å². The van der Waals surface area contributed by atoms with E-state index in [2.05, 4.69) is 29.4 Å². The fourth-order valence-corrected chi connectivity index (χ4v) is 2.98. The zero-order valence-corrected chi connectivity index (χ0v) is 15.2. The van der Waals surface area contributed by atoms with Crippen LogP contribution >= 0.6 is 0 Å². The Hall–Kier alpha value is -2.89. The molecule has 136 valence electrons. The molecule has 3 rings (SSSR count). The molecule has 0 spiro atoms. The van der Waals surface area contributed by atoms with E-state index in [1.807, 2.05) is 27.6 Å². The minimum atomic E-state index is -0.325. The van der Waals surface area contributed by atoms with E-state index >= 15 is 0 Å². The molecule has 2 heterocycles.